The summed E-state index contributed by atoms with van der Waals surface area (Å²) >= 11 is 0. The molecule has 0 saturated carbocycles. The Balaban J connectivity index is 1.80. The summed E-state index contributed by atoms with van der Waals surface area (Å²) < 4.78 is 0. The first-order chi connectivity index (χ1) is 11.3. The summed E-state index contributed by atoms with van der Waals surface area (Å²) in [7, 11) is 0. The van der Waals surface area contributed by atoms with Crippen LogP contribution < -0.4 is 9.80 Å². The van der Waals surface area contributed by atoms with E-state index >= 15 is 0 Å². The van der Waals surface area contributed by atoms with Crippen LogP contribution in [0.15, 0.2) is 36.7 Å². The SMILES string of the molecule is CCCN(CCC)c1cc(N2CCc3ccccc3C2)ncn1. The lowest BCUT2D eigenvalue weighted by atomic mass is 10.00. The number of hydrogen-bond acceptors (Lipinski definition) is 4. The minimum absolute atomic E-state index is 0.939. The fraction of sp³-hybridized carbons (Fsp3) is 0.474. The summed E-state index contributed by atoms with van der Waals surface area (Å²) in [6.07, 6.45) is 5.07. The number of nitrogens with zero attached hydrogens (tertiary/aromatic N) is 4. The smallest absolute Gasteiger partial charge is 0.134 e. The quantitative estimate of drug-likeness (QED) is 0.815. The van der Waals surface area contributed by atoms with Crippen molar-refractivity contribution in [2.75, 3.05) is 29.4 Å². The van der Waals surface area contributed by atoms with E-state index < -0.39 is 0 Å². The third-order valence-corrected chi connectivity index (χ3v) is 4.40. The van der Waals surface area contributed by atoms with E-state index in [2.05, 4.69) is 63.9 Å². The molecule has 0 saturated heterocycles. The van der Waals surface area contributed by atoms with Crippen LogP contribution in [-0.2, 0) is 13.0 Å². The van der Waals surface area contributed by atoms with Crippen molar-refractivity contribution in [2.45, 2.75) is 39.7 Å². The maximum Gasteiger partial charge on any atom is 0.134 e. The number of benzene rings is 1. The predicted octanol–water partition coefficient (Wildman–Crippen LogP) is 3.67. The van der Waals surface area contributed by atoms with E-state index in [0.717, 1.165) is 57.1 Å². The van der Waals surface area contributed by atoms with Crippen molar-refractivity contribution in [3.05, 3.63) is 47.8 Å². The Labute approximate surface area is 139 Å². The van der Waals surface area contributed by atoms with Crippen molar-refractivity contribution >= 4 is 11.6 Å². The van der Waals surface area contributed by atoms with Gasteiger partial charge in [0.05, 0.1) is 0 Å². The highest BCUT2D eigenvalue weighted by Gasteiger charge is 2.18. The first kappa shape index (κ1) is 15.8. The molecule has 1 aromatic carbocycles. The Hall–Kier alpha value is -2.10. The van der Waals surface area contributed by atoms with E-state index in [9.17, 15) is 0 Å². The van der Waals surface area contributed by atoms with Crippen LogP contribution in [-0.4, -0.2) is 29.6 Å². The van der Waals surface area contributed by atoms with Gasteiger partial charge in [-0.2, -0.15) is 0 Å². The number of fused-ring (bicyclic) bond motifs is 1. The Bertz CT molecular complexity index is 635. The summed E-state index contributed by atoms with van der Waals surface area (Å²) in [5.74, 6) is 2.10. The van der Waals surface area contributed by atoms with Gasteiger partial charge in [-0.1, -0.05) is 38.1 Å². The van der Waals surface area contributed by atoms with E-state index in [1.807, 2.05) is 0 Å². The zero-order valence-electron chi connectivity index (χ0n) is 14.2. The number of anilines is 2. The zero-order valence-corrected chi connectivity index (χ0v) is 14.2. The van der Waals surface area contributed by atoms with Crippen LogP contribution >= 0.6 is 0 Å². The van der Waals surface area contributed by atoms with E-state index in [-0.39, 0.29) is 0 Å². The van der Waals surface area contributed by atoms with Gasteiger partial charge in [-0.05, 0) is 30.4 Å². The van der Waals surface area contributed by atoms with Crippen molar-refractivity contribution in [1.29, 1.82) is 0 Å². The van der Waals surface area contributed by atoms with Crippen LogP contribution in [0.1, 0.15) is 37.8 Å². The van der Waals surface area contributed by atoms with Gasteiger partial charge in [0.15, 0.2) is 0 Å². The van der Waals surface area contributed by atoms with Crippen molar-refractivity contribution in [1.82, 2.24) is 9.97 Å². The van der Waals surface area contributed by atoms with Crippen LogP contribution in [0.2, 0.25) is 0 Å². The first-order valence-corrected chi connectivity index (χ1v) is 8.70. The fourth-order valence-corrected chi connectivity index (χ4v) is 3.26. The van der Waals surface area contributed by atoms with Gasteiger partial charge in [-0.3, -0.25) is 0 Å². The molecule has 4 nitrogen and oxygen atoms in total. The maximum atomic E-state index is 4.53. The molecule has 0 radical (unpaired) electrons. The minimum atomic E-state index is 0.939. The second-order valence-corrected chi connectivity index (χ2v) is 6.16. The normalized spacial score (nSPS) is 13.7. The molecule has 122 valence electrons. The topological polar surface area (TPSA) is 32.3 Å². The molecule has 1 aliphatic rings. The van der Waals surface area contributed by atoms with E-state index in [4.69, 9.17) is 0 Å². The molecule has 1 aliphatic heterocycles. The molecule has 0 N–H and O–H groups in total. The van der Waals surface area contributed by atoms with Gasteiger partial charge >= 0.3 is 0 Å². The van der Waals surface area contributed by atoms with E-state index in [0.29, 0.717) is 0 Å². The van der Waals surface area contributed by atoms with Gasteiger partial charge in [0.1, 0.15) is 18.0 Å². The van der Waals surface area contributed by atoms with Crippen molar-refractivity contribution in [2.24, 2.45) is 0 Å². The largest absolute Gasteiger partial charge is 0.356 e. The fourth-order valence-electron chi connectivity index (χ4n) is 3.26. The molecule has 23 heavy (non-hydrogen) atoms. The molecular weight excluding hydrogens is 284 g/mol. The monoisotopic (exact) mass is 310 g/mol. The van der Waals surface area contributed by atoms with Crippen LogP contribution in [0.4, 0.5) is 11.6 Å². The van der Waals surface area contributed by atoms with E-state index in [1.165, 1.54) is 11.1 Å². The Morgan fingerprint density at radius 3 is 2.52 bits per heavy atom. The molecule has 2 heterocycles. The lowest BCUT2D eigenvalue weighted by molar-refractivity contribution is 0.710. The summed E-state index contributed by atoms with van der Waals surface area (Å²) in [5.41, 5.74) is 2.88. The van der Waals surface area contributed by atoms with Gasteiger partial charge in [0.2, 0.25) is 0 Å². The lowest BCUT2D eigenvalue weighted by Crippen LogP contribution is -2.32. The number of rotatable bonds is 6. The van der Waals surface area contributed by atoms with Gasteiger partial charge in [-0.25, -0.2) is 9.97 Å². The molecule has 0 aliphatic carbocycles. The zero-order chi connectivity index (χ0) is 16.1. The molecule has 3 rings (SSSR count). The summed E-state index contributed by atoms with van der Waals surface area (Å²) in [6.45, 7) is 8.49. The molecule has 0 unspecified atom stereocenters. The van der Waals surface area contributed by atoms with Gasteiger partial charge in [0, 0.05) is 32.2 Å². The molecule has 2 aromatic rings. The van der Waals surface area contributed by atoms with Gasteiger partial charge in [-0.15, -0.1) is 0 Å². The molecule has 0 spiro atoms. The molecule has 4 heteroatoms. The third kappa shape index (κ3) is 3.63. The Morgan fingerprint density at radius 1 is 1.04 bits per heavy atom. The summed E-state index contributed by atoms with van der Waals surface area (Å²) in [6, 6.07) is 10.9. The maximum absolute atomic E-state index is 4.53. The Morgan fingerprint density at radius 2 is 1.78 bits per heavy atom. The average molecular weight is 310 g/mol. The van der Waals surface area contributed by atoms with Crippen LogP contribution in [0.25, 0.3) is 0 Å². The third-order valence-electron chi connectivity index (χ3n) is 4.40. The minimum Gasteiger partial charge on any atom is -0.356 e. The standard InChI is InChI=1S/C19H26N4/c1-3-10-22(11-4-2)18-13-19(21-15-20-18)23-12-9-16-7-5-6-8-17(16)14-23/h5-8,13,15H,3-4,9-12,14H2,1-2H3. The van der Waals surface area contributed by atoms with Crippen molar-refractivity contribution < 1.29 is 0 Å². The number of aromatic nitrogens is 2. The van der Waals surface area contributed by atoms with Crippen LogP contribution in [0, 0.1) is 0 Å². The highest BCUT2D eigenvalue weighted by Crippen LogP contribution is 2.25. The molecule has 0 bridgehead atoms. The van der Waals surface area contributed by atoms with E-state index in [1.54, 1.807) is 6.33 Å². The summed E-state index contributed by atoms with van der Waals surface area (Å²) in [5, 5.41) is 0. The highest BCUT2D eigenvalue weighted by molar-refractivity contribution is 5.52. The second-order valence-electron chi connectivity index (χ2n) is 6.16. The molecular formula is C19H26N4. The highest BCUT2D eigenvalue weighted by atomic mass is 15.2. The second kappa shape index (κ2) is 7.44. The molecule has 1 aromatic heterocycles. The van der Waals surface area contributed by atoms with Crippen molar-refractivity contribution in [3.63, 3.8) is 0 Å². The molecule has 0 atom stereocenters. The van der Waals surface area contributed by atoms with Crippen molar-refractivity contribution in [3.8, 4) is 0 Å². The average Bonchev–Trinajstić information content (AvgIpc) is 2.61. The van der Waals surface area contributed by atoms with Crippen LogP contribution in [0.5, 0.6) is 0 Å². The van der Waals surface area contributed by atoms with Gasteiger partial charge < -0.3 is 9.80 Å². The first-order valence-electron chi connectivity index (χ1n) is 8.70. The summed E-state index contributed by atoms with van der Waals surface area (Å²) in [4.78, 5) is 13.8. The Kier molecular flexibility index (Phi) is 5.11. The van der Waals surface area contributed by atoms with Crippen LogP contribution in [0.3, 0.4) is 0 Å². The van der Waals surface area contributed by atoms with Gasteiger partial charge in [0.25, 0.3) is 0 Å². The predicted molar refractivity (Wildman–Crippen MR) is 96.0 cm³/mol. The lowest BCUT2D eigenvalue weighted by Gasteiger charge is -2.30. The molecule has 0 amide bonds. The number of hydrogen-bond donors (Lipinski definition) is 0. The molecule has 0 fully saturated rings.